The van der Waals surface area contributed by atoms with Crippen LogP contribution < -0.4 is 0 Å². The molecule has 0 heterocycles. The predicted octanol–water partition coefficient (Wildman–Crippen LogP) is 5.92. The van der Waals surface area contributed by atoms with Crippen molar-refractivity contribution in [3.05, 3.63) is 65.2 Å². The Labute approximate surface area is 127 Å². The van der Waals surface area contributed by atoms with Gasteiger partial charge in [-0.25, -0.2) is 0 Å². The van der Waals surface area contributed by atoms with Crippen LogP contribution in [0.25, 0.3) is 10.8 Å². The second-order valence-electron chi connectivity index (χ2n) is 4.76. The Morgan fingerprint density at radius 3 is 2.57 bits per heavy atom. The Hall–Kier alpha value is -2.39. The van der Waals surface area contributed by atoms with Gasteiger partial charge >= 0.3 is 0 Å². The van der Waals surface area contributed by atoms with Crippen LogP contribution in [0.5, 0.6) is 5.75 Å². The molecule has 0 bridgehead atoms. The van der Waals surface area contributed by atoms with E-state index in [9.17, 15) is 5.11 Å². The van der Waals surface area contributed by atoms with Gasteiger partial charge in [0.1, 0.15) is 17.1 Å². The molecule has 3 rings (SSSR count). The Balaban J connectivity index is 2.11. The third-order valence-electron chi connectivity index (χ3n) is 3.31. The van der Waals surface area contributed by atoms with E-state index in [2.05, 4.69) is 10.2 Å². The Morgan fingerprint density at radius 2 is 1.71 bits per heavy atom. The van der Waals surface area contributed by atoms with E-state index in [1.807, 2.05) is 49.4 Å². The molecule has 0 fully saturated rings. The highest BCUT2D eigenvalue weighted by molar-refractivity contribution is 6.33. The van der Waals surface area contributed by atoms with Crippen LogP contribution >= 0.6 is 11.6 Å². The molecular formula is C17H13ClN2O. The van der Waals surface area contributed by atoms with Crippen molar-refractivity contribution >= 4 is 33.7 Å². The van der Waals surface area contributed by atoms with Crippen molar-refractivity contribution in [2.45, 2.75) is 6.92 Å². The van der Waals surface area contributed by atoms with Gasteiger partial charge in [0.15, 0.2) is 0 Å². The Morgan fingerprint density at radius 1 is 0.905 bits per heavy atom. The summed E-state index contributed by atoms with van der Waals surface area (Å²) in [6, 6.07) is 16.8. The van der Waals surface area contributed by atoms with E-state index in [4.69, 9.17) is 11.6 Å². The van der Waals surface area contributed by atoms with E-state index in [1.54, 1.807) is 12.1 Å². The highest BCUT2D eigenvalue weighted by atomic mass is 35.5. The maximum Gasteiger partial charge on any atom is 0.143 e. The molecule has 0 aliphatic rings. The first kappa shape index (κ1) is 13.6. The molecule has 0 aliphatic heterocycles. The lowest BCUT2D eigenvalue weighted by atomic mass is 10.1. The fourth-order valence-electron chi connectivity index (χ4n) is 2.16. The number of nitrogens with zero attached hydrogens (tertiary/aromatic N) is 2. The average molecular weight is 297 g/mol. The zero-order valence-corrected chi connectivity index (χ0v) is 12.2. The van der Waals surface area contributed by atoms with Crippen LogP contribution in [0.1, 0.15) is 5.56 Å². The summed E-state index contributed by atoms with van der Waals surface area (Å²) in [5.74, 6) is 0.0984. The SMILES string of the molecule is Cc1cccc(N=Nc2c(O)ccc3ccccc23)c1Cl. The zero-order chi connectivity index (χ0) is 14.8. The quantitative estimate of drug-likeness (QED) is 0.586. The zero-order valence-electron chi connectivity index (χ0n) is 11.4. The van der Waals surface area contributed by atoms with Gasteiger partial charge in [0.25, 0.3) is 0 Å². The number of hydrogen-bond donors (Lipinski definition) is 1. The van der Waals surface area contributed by atoms with E-state index < -0.39 is 0 Å². The van der Waals surface area contributed by atoms with Crippen LogP contribution in [0, 0.1) is 6.92 Å². The van der Waals surface area contributed by atoms with Crippen molar-refractivity contribution in [3.63, 3.8) is 0 Å². The molecule has 0 saturated carbocycles. The van der Waals surface area contributed by atoms with Gasteiger partial charge in [-0.1, -0.05) is 54.1 Å². The van der Waals surface area contributed by atoms with Crippen molar-refractivity contribution in [1.29, 1.82) is 0 Å². The maximum absolute atomic E-state index is 10.0. The second-order valence-corrected chi connectivity index (χ2v) is 5.14. The van der Waals surface area contributed by atoms with Gasteiger partial charge in [-0.2, -0.15) is 0 Å². The number of phenolic OH excluding ortho intramolecular Hbond substituents is 1. The highest BCUT2D eigenvalue weighted by Gasteiger charge is 2.07. The van der Waals surface area contributed by atoms with Gasteiger partial charge in [-0.3, -0.25) is 0 Å². The highest BCUT2D eigenvalue weighted by Crippen LogP contribution is 2.37. The van der Waals surface area contributed by atoms with Crippen molar-refractivity contribution in [3.8, 4) is 5.75 Å². The maximum atomic E-state index is 10.0. The number of aryl methyl sites for hydroxylation is 1. The molecule has 0 aliphatic carbocycles. The van der Waals surface area contributed by atoms with E-state index in [-0.39, 0.29) is 5.75 Å². The van der Waals surface area contributed by atoms with Crippen LogP contribution in [0.3, 0.4) is 0 Å². The molecule has 0 saturated heterocycles. The summed E-state index contributed by atoms with van der Waals surface area (Å²) < 4.78 is 0. The molecule has 104 valence electrons. The number of phenols is 1. The van der Waals surface area contributed by atoms with Crippen LogP contribution in [0.15, 0.2) is 64.8 Å². The summed E-state index contributed by atoms with van der Waals surface area (Å²) in [5.41, 5.74) is 1.98. The summed E-state index contributed by atoms with van der Waals surface area (Å²) in [6.45, 7) is 1.91. The number of benzene rings is 3. The number of fused-ring (bicyclic) bond motifs is 1. The van der Waals surface area contributed by atoms with Crippen LogP contribution in [0.2, 0.25) is 5.02 Å². The van der Waals surface area contributed by atoms with Crippen molar-refractivity contribution in [1.82, 2.24) is 0 Å². The van der Waals surface area contributed by atoms with Crippen molar-refractivity contribution in [2.75, 3.05) is 0 Å². The van der Waals surface area contributed by atoms with Gasteiger partial charge in [0, 0.05) is 5.39 Å². The normalized spacial score (nSPS) is 11.3. The minimum Gasteiger partial charge on any atom is -0.506 e. The van der Waals surface area contributed by atoms with Crippen LogP contribution in [0.4, 0.5) is 11.4 Å². The molecule has 3 aromatic rings. The smallest absolute Gasteiger partial charge is 0.143 e. The molecule has 0 amide bonds. The van der Waals surface area contributed by atoms with E-state index in [0.29, 0.717) is 16.4 Å². The first-order chi connectivity index (χ1) is 10.2. The lowest BCUT2D eigenvalue weighted by molar-refractivity contribution is 0.477. The molecule has 3 nitrogen and oxygen atoms in total. The monoisotopic (exact) mass is 296 g/mol. The largest absolute Gasteiger partial charge is 0.506 e. The summed E-state index contributed by atoms with van der Waals surface area (Å²) >= 11 is 6.20. The van der Waals surface area contributed by atoms with E-state index in [1.165, 1.54) is 0 Å². The fourth-order valence-corrected chi connectivity index (χ4v) is 2.33. The standard InChI is InChI=1S/C17H13ClN2O/c1-11-5-4-8-14(16(11)18)19-20-17-13-7-3-2-6-12(13)9-10-15(17)21/h2-10,21H,1H3. The first-order valence-corrected chi connectivity index (χ1v) is 6.92. The van der Waals surface area contributed by atoms with Crippen LogP contribution in [-0.4, -0.2) is 5.11 Å². The van der Waals surface area contributed by atoms with Crippen molar-refractivity contribution in [2.24, 2.45) is 10.2 Å². The molecule has 3 aromatic carbocycles. The predicted molar refractivity (Wildman–Crippen MR) is 86.0 cm³/mol. The average Bonchev–Trinajstić information content (AvgIpc) is 2.50. The number of azo groups is 1. The third kappa shape index (κ3) is 2.60. The number of aromatic hydroxyl groups is 1. The summed E-state index contributed by atoms with van der Waals surface area (Å²) in [7, 11) is 0. The van der Waals surface area contributed by atoms with Gasteiger partial charge in [0.2, 0.25) is 0 Å². The third-order valence-corrected chi connectivity index (χ3v) is 3.80. The molecule has 0 radical (unpaired) electrons. The molecule has 0 spiro atoms. The molecule has 0 aromatic heterocycles. The summed E-state index contributed by atoms with van der Waals surface area (Å²) in [5, 5.41) is 20.8. The molecule has 4 heteroatoms. The topological polar surface area (TPSA) is 45.0 Å². The van der Waals surface area contributed by atoms with Gasteiger partial charge in [-0.05, 0) is 30.0 Å². The molecular weight excluding hydrogens is 284 g/mol. The number of rotatable bonds is 2. The summed E-state index contributed by atoms with van der Waals surface area (Å²) in [6.07, 6.45) is 0. The lowest BCUT2D eigenvalue weighted by Crippen LogP contribution is -1.76. The van der Waals surface area contributed by atoms with Gasteiger partial charge in [-0.15, -0.1) is 10.2 Å². The Bertz CT molecular complexity index is 843. The minimum atomic E-state index is 0.0984. The van der Waals surface area contributed by atoms with Crippen molar-refractivity contribution < 1.29 is 5.11 Å². The molecule has 21 heavy (non-hydrogen) atoms. The second kappa shape index (κ2) is 5.54. The summed E-state index contributed by atoms with van der Waals surface area (Å²) in [4.78, 5) is 0. The Kier molecular flexibility index (Phi) is 3.59. The van der Waals surface area contributed by atoms with Gasteiger partial charge < -0.3 is 5.11 Å². The molecule has 1 N–H and O–H groups in total. The minimum absolute atomic E-state index is 0.0984. The number of hydrogen-bond acceptors (Lipinski definition) is 3. The fraction of sp³-hybridized carbons (Fsp3) is 0.0588. The number of halogens is 1. The van der Waals surface area contributed by atoms with Crippen LogP contribution in [-0.2, 0) is 0 Å². The first-order valence-electron chi connectivity index (χ1n) is 6.54. The van der Waals surface area contributed by atoms with Gasteiger partial charge in [0.05, 0.1) is 5.02 Å². The van der Waals surface area contributed by atoms with E-state index >= 15 is 0 Å². The lowest BCUT2D eigenvalue weighted by Gasteiger charge is -2.04. The molecule has 0 unspecified atom stereocenters. The van der Waals surface area contributed by atoms with E-state index in [0.717, 1.165) is 16.3 Å². The molecule has 0 atom stereocenters.